The lowest BCUT2D eigenvalue weighted by Crippen LogP contribution is -2.13. The lowest BCUT2D eigenvalue weighted by atomic mass is 10.2. The third-order valence-electron chi connectivity index (χ3n) is 2.35. The minimum atomic E-state index is -0.284. The maximum atomic E-state index is 13.7. The molecule has 0 unspecified atom stereocenters. The second-order valence-corrected chi connectivity index (χ2v) is 5.69. The summed E-state index contributed by atoms with van der Waals surface area (Å²) < 4.78 is 14.4. The van der Waals surface area contributed by atoms with Gasteiger partial charge in [-0.25, -0.2) is 4.39 Å². The molecule has 0 spiro atoms. The van der Waals surface area contributed by atoms with Gasteiger partial charge < -0.3 is 5.32 Å². The minimum Gasteiger partial charge on any atom is -0.310 e. The first-order valence-corrected chi connectivity index (χ1v) is 7.30. The smallest absolute Gasteiger partial charge is 0.151 e. The summed E-state index contributed by atoms with van der Waals surface area (Å²) in [6.07, 6.45) is 1.07. The van der Waals surface area contributed by atoms with E-state index in [4.69, 9.17) is 0 Å². The Bertz CT molecular complexity index is 510. The van der Waals surface area contributed by atoms with E-state index in [0.29, 0.717) is 21.6 Å². The van der Waals surface area contributed by atoms with Crippen molar-refractivity contribution >= 4 is 27.3 Å². The normalized spacial score (nSPS) is 10.8. The van der Waals surface area contributed by atoms with Gasteiger partial charge in [0, 0.05) is 11.0 Å². The summed E-state index contributed by atoms with van der Waals surface area (Å²) in [7, 11) is 0. The van der Waals surface area contributed by atoms with Gasteiger partial charge in [-0.1, -0.05) is 24.3 Å². The number of nitrogens with zero attached hydrogens (tertiary/aromatic N) is 2. The van der Waals surface area contributed by atoms with Crippen molar-refractivity contribution in [3.8, 4) is 10.6 Å². The molecule has 0 bridgehead atoms. The van der Waals surface area contributed by atoms with Crippen molar-refractivity contribution in [3.63, 3.8) is 0 Å². The van der Waals surface area contributed by atoms with Gasteiger partial charge in [0.15, 0.2) is 5.01 Å². The van der Waals surface area contributed by atoms with E-state index in [9.17, 15) is 4.39 Å². The molecule has 0 aliphatic rings. The van der Waals surface area contributed by atoms with E-state index in [1.54, 1.807) is 12.1 Å². The van der Waals surface area contributed by atoms with Gasteiger partial charge >= 0.3 is 0 Å². The van der Waals surface area contributed by atoms with Crippen LogP contribution in [0.2, 0.25) is 0 Å². The van der Waals surface area contributed by atoms with Crippen LogP contribution in [-0.4, -0.2) is 16.7 Å². The van der Waals surface area contributed by atoms with E-state index in [2.05, 4.69) is 38.4 Å². The average Bonchev–Trinajstić information content (AvgIpc) is 2.78. The fourth-order valence-corrected chi connectivity index (χ4v) is 3.03. The Morgan fingerprint density at radius 3 is 2.94 bits per heavy atom. The Morgan fingerprint density at radius 2 is 2.22 bits per heavy atom. The monoisotopic (exact) mass is 329 g/mol. The second kappa shape index (κ2) is 6.36. The molecule has 2 aromatic rings. The van der Waals surface area contributed by atoms with Crippen LogP contribution >= 0.6 is 27.3 Å². The van der Waals surface area contributed by atoms with Crippen molar-refractivity contribution in [1.82, 2.24) is 15.5 Å². The molecule has 96 valence electrons. The van der Waals surface area contributed by atoms with Crippen LogP contribution in [0.3, 0.4) is 0 Å². The third kappa shape index (κ3) is 3.13. The van der Waals surface area contributed by atoms with Gasteiger partial charge in [-0.15, -0.1) is 10.2 Å². The molecule has 1 aromatic carbocycles. The summed E-state index contributed by atoms with van der Waals surface area (Å²) in [6, 6.07) is 4.89. The van der Waals surface area contributed by atoms with E-state index in [-0.39, 0.29) is 5.82 Å². The SMILES string of the molecule is CCCNCc1nnc(-c2c(F)cccc2Br)s1. The first-order chi connectivity index (χ1) is 8.72. The van der Waals surface area contributed by atoms with Crippen molar-refractivity contribution in [2.24, 2.45) is 0 Å². The topological polar surface area (TPSA) is 37.8 Å². The van der Waals surface area contributed by atoms with Gasteiger partial charge in [0.1, 0.15) is 10.8 Å². The van der Waals surface area contributed by atoms with E-state index >= 15 is 0 Å². The molecule has 0 aliphatic heterocycles. The highest BCUT2D eigenvalue weighted by molar-refractivity contribution is 9.10. The number of halogens is 2. The highest BCUT2D eigenvalue weighted by Gasteiger charge is 2.14. The fourth-order valence-electron chi connectivity index (χ4n) is 1.50. The van der Waals surface area contributed by atoms with E-state index in [1.807, 2.05) is 0 Å². The zero-order chi connectivity index (χ0) is 13.0. The zero-order valence-corrected chi connectivity index (χ0v) is 12.3. The lowest BCUT2D eigenvalue weighted by Gasteiger charge is -2.00. The maximum absolute atomic E-state index is 13.7. The highest BCUT2D eigenvalue weighted by Crippen LogP contribution is 2.32. The number of aromatic nitrogens is 2. The highest BCUT2D eigenvalue weighted by atomic mass is 79.9. The second-order valence-electron chi connectivity index (χ2n) is 3.77. The molecule has 6 heteroatoms. The van der Waals surface area contributed by atoms with E-state index < -0.39 is 0 Å². The van der Waals surface area contributed by atoms with Gasteiger partial charge in [0.05, 0.1) is 5.56 Å². The van der Waals surface area contributed by atoms with Crippen molar-refractivity contribution < 1.29 is 4.39 Å². The molecular formula is C12H13BrFN3S. The van der Waals surface area contributed by atoms with Crippen LogP contribution < -0.4 is 5.32 Å². The van der Waals surface area contributed by atoms with Gasteiger partial charge in [0.2, 0.25) is 0 Å². The Labute approximate surface area is 118 Å². The molecule has 0 atom stereocenters. The fraction of sp³-hybridized carbons (Fsp3) is 0.333. The Kier molecular flexibility index (Phi) is 4.79. The van der Waals surface area contributed by atoms with Crippen LogP contribution in [0, 0.1) is 5.82 Å². The summed E-state index contributed by atoms with van der Waals surface area (Å²) in [4.78, 5) is 0. The van der Waals surface area contributed by atoms with Crippen molar-refractivity contribution in [2.45, 2.75) is 19.9 Å². The summed E-state index contributed by atoms with van der Waals surface area (Å²) >= 11 is 4.75. The molecule has 1 heterocycles. The lowest BCUT2D eigenvalue weighted by molar-refractivity contribution is 0.630. The van der Waals surface area contributed by atoms with Crippen molar-refractivity contribution in [2.75, 3.05) is 6.54 Å². The molecule has 0 saturated carbocycles. The van der Waals surface area contributed by atoms with Crippen molar-refractivity contribution in [1.29, 1.82) is 0 Å². The Hall–Kier alpha value is -0.850. The molecule has 0 radical (unpaired) electrons. The molecule has 1 N–H and O–H groups in total. The maximum Gasteiger partial charge on any atom is 0.151 e. The van der Waals surface area contributed by atoms with Crippen LogP contribution in [0.1, 0.15) is 18.4 Å². The predicted molar refractivity (Wildman–Crippen MR) is 75.0 cm³/mol. The van der Waals surface area contributed by atoms with Crippen LogP contribution in [0.25, 0.3) is 10.6 Å². The quantitative estimate of drug-likeness (QED) is 0.851. The van der Waals surface area contributed by atoms with Gasteiger partial charge in [-0.2, -0.15) is 0 Å². The van der Waals surface area contributed by atoms with Crippen molar-refractivity contribution in [3.05, 3.63) is 33.5 Å². The number of rotatable bonds is 5. The number of nitrogens with one attached hydrogen (secondary N) is 1. The number of hydrogen-bond acceptors (Lipinski definition) is 4. The summed E-state index contributed by atoms with van der Waals surface area (Å²) in [5, 5.41) is 12.8. The van der Waals surface area contributed by atoms with Gasteiger partial charge in [0.25, 0.3) is 0 Å². The summed E-state index contributed by atoms with van der Waals surface area (Å²) in [6.45, 7) is 3.73. The van der Waals surface area contributed by atoms with Crippen LogP contribution in [0.4, 0.5) is 4.39 Å². The Morgan fingerprint density at radius 1 is 1.39 bits per heavy atom. The molecule has 1 aromatic heterocycles. The first-order valence-electron chi connectivity index (χ1n) is 5.70. The van der Waals surface area contributed by atoms with Gasteiger partial charge in [-0.3, -0.25) is 0 Å². The minimum absolute atomic E-state index is 0.284. The molecule has 3 nitrogen and oxygen atoms in total. The molecule has 2 rings (SSSR count). The summed E-state index contributed by atoms with van der Waals surface area (Å²) in [5.74, 6) is -0.284. The zero-order valence-electron chi connectivity index (χ0n) is 9.91. The van der Waals surface area contributed by atoms with Crippen LogP contribution in [0.5, 0.6) is 0 Å². The molecule has 0 amide bonds. The number of benzene rings is 1. The Balaban J connectivity index is 2.19. The first kappa shape index (κ1) is 13.6. The van der Waals surface area contributed by atoms with Crippen LogP contribution in [0.15, 0.2) is 22.7 Å². The standard InChI is InChI=1S/C12H13BrFN3S/c1-2-6-15-7-10-16-17-12(18-10)11-8(13)4-3-5-9(11)14/h3-5,15H,2,6-7H2,1H3. The van der Waals surface area contributed by atoms with Gasteiger partial charge in [-0.05, 0) is 41.0 Å². The van der Waals surface area contributed by atoms with Crippen LogP contribution in [-0.2, 0) is 6.54 Å². The largest absolute Gasteiger partial charge is 0.310 e. The average molecular weight is 330 g/mol. The predicted octanol–water partition coefficient (Wildman–Crippen LogP) is 3.61. The molecule has 18 heavy (non-hydrogen) atoms. The molecule has 0 fully saturated rings. The molecular weight excluding hydrogens is 317 g/mol. The molecule has 0 saturated heterocycles. The van der Waals surface area contributed by atoms with E-state index in [1.165, 1.54) is 17.4 Å². The summed E-state index contributed by atoms with van der Waals surface area (Å²) in [5.41, 5.74) is 0.483. The third-order valence-corrected chi connectivity index (χ3v) is 3.95. The van der Waals surface area contributed by atoms with E-state index in [0.717, 1.165) is 18.0 Å². The molecule has 0 aliphatic carbocycles. The number of hydrogen-bond donors (Lipinski definition) is 1.